The average Bonchev–Trinajstić information content (AvgIpc) is 2.99. The SMILES string of the molecule is Cc1ccc(-n2c(C)cc(/C=C3\SC(=S)N(CC(=O)O)C3=O)c2C)cc1. The third-order valence-electron chi connectivity index (χ3n) is 4.22. The van der Waals surface area contributed by atoms with E-state index >= 15 is 0 Å². The lowest BCUT2D eigenvalue weighted by Crippen LogP contribution is -2.33. The highest BCUT2D eigenvalue weighted by molar-refractivity contribution is 8.26. The van der Waals surface area contributed by atoms with E-state index in [1.165, 1.54) is 5.56 Å². The maximum Gasteiger partial charge on any atom is 0.323 e. The Bertz CT molecular complexity index is 942. The van der Waals surface area contributed by atoms with Gasteiger partial charge in [-0.15, -0.1) is 0 Å². The molecule has 0 atom stereocenters. The molecule has 1 amide bonds. The largest absolute Gasteiger partial charge is 0.480 e. The molecule has 26 heavy (non-hydrogen) atoms. The Morgan fingerprint density at radius 3 is 2.50 bits per heavy atom. The molecular formula is C19H18N2O3S2. The third kappa shape index (κ3) is 3.45. The molecule has 7 heteroatoms. The van der Waals surface area contributed by atoms with Gasteiger partial charge < -0.3 is 9.67 Å². The fourth-order valence-corrected chi connectivity index (χ4v) is 4.18. The number of carboxylic acid groups (broad SMARTS) is 1. The summed E-state index contributed by atoms with van der Waals surface area (Å²) in [5.41, 5.74) is 5.23. The molecule has 1 aliphatic heterocycles. The van der Waals surface area contributed by atoms with Gasteiger partial charge in [-0.3, -0.25) is 14.5 Å². The van der Waals surface area contributed by atoms with E-state index in [-0.39, 0.29) is 10.2 Å². The molecule has 134 valence electrons. The van der Waals surface area contributed by atoms with Crippen LogP contribution in [0.4, 0.5) is 0 Å². The standard InChI is InChI=1S/C19H18N2O3S2/c1-11-4-6-15(7-5-11)21-12(2)8-14(13(21)3)9-16-18(24)20(10-17(22)23)19(25)26-16/h4-9H,10H2,1-3H3,(H,22,23)/b16-9-. The first-order chi connectivity index (χ1) is 12.3. The van der Waals surface area contributed by atoms with Gasteiger partial charge >= 0.3 is 5.97 Å². The van der Waals surface area contributed by atoms with Crippen molar-refractivity contribution in [1.82, 2.24) is 9.47 Å². The number of thiocarbonyl (C=S) groups is 1. The summed E-state index contributed by atoms with van der Waals surface area (Å²) in [6.45, 7) is 5.64. The lowest BCUT2D eigenvalue weighted by molar-refractivity contribution is -0.140. The summed E-state index contributed by atoms with van der Waals surface area (Å²) >= 11 is 6.28. The van der Waals surface area contributed by atoms with Crippen LogP contribution in [0.25, 0.3) is 11.8 Å². The summed E-state index contributed by atoms with van der Waals surface area (Å²) < 4.78 is 2.40. The molecule has 5 nitrogen and oxygen atoms in total. The Kier molecular flexibility index (Phi) is 5.02. The Morgan fingerprint density at radius 2 is 1.88 bits per heavy atom. The lowest BCUT2D eigenvalue weighted by Gasteiger charge is -2.10. The second kappa shape index (κ2) is 7.09. The van der Waals surface area contributed by atoms with Crippen molar-refractivity contribution in [2.75, 3.05) is 6.54 Å². The summed E-state index contributed by atoms with van der Waals surface area (Å²) in [6, 6.07) is 10.3. The van der Waals surface area contributed by atoms with Gasteiger partial charge in [0.05, 0.1) is 4.91 Å². The molecule has 0 bridgehead atoms. The van der Waals surface area contributed by atoms with E-state index in [1.807, 2.05) is 26.8 Å². The first-order valence-electron chi connectivity index (χ1n) is 8.01. The number of hydrogen-bond donors (Lipinski definition) is 1. The first-order valence-corrected chi connectivity index (χ1v) is 9.23. The van der Waals surface area contributed by atoms with E-state index in [0.717, 1.165) is 39.3 Å². The number of rotatable bonds is 4. The molecule has 1 aromatic carbocycles. The number of thioether (sulfide) groups is 1. The Balaban J connectivity index is 1.96. The summed E-state index contributed by atoms with van der Waals surface area (Å²) in [4.78, 5) is 24.9. The van der Waals surface area contributed by atoms with Gasteiger partial charge in [0.2, 0.25) is 0 Å². The Hall–Kier alpha value is -2.38. The van der Waals surface area contributed by atoms with Gasteiger partial charge in [0.1, 0.15) is 10.9 Å². The second-order valence-electron chi connectivity index (χ2n) is 6.16. The molecule has 2 heterocycles. The van der Waals surface area contributed by atoms with Crippen LogP contribution < -0.4 is 0 Å². The van der Waals surface area contributed by atoms with E-state index in [2.05, 4.69) is 28.8 Å². The van der Waals surface area contributed by atoms with Crippen LogP contribution in [0.5, 0.6) is 0 Å². The van der Waals surface area contributed by atoms with Gasteiger partial charge in [-0.25, -0.2) is 0 Å². The van der Waals surface area contributed by atoms with Crippen LogP contribution in [-0.2, 0) is 9.59 Å². The van der Waals surface area contributed by atoms with Crippen molar-refractivity contribution in [2.45, 2.75) is 20.8 Å². The molecule has 0 spiro atoms. The van der Waals surface area contributed by atoms with E-state index in [1.54, 1.807) is 6.08 Å². The van der Waals surface area contributed by atoms with Crippen LogP contribution in [0.2, 0.25) is 0 Å². The van der Waals surface area contributed by atoms with Gasteiger partial charge in [-0.1, -0.05) is 41.7 Å². The second-order valence-corrected chi connectivity index (χ2v) is 7.83. The van der Waals surface area contributed by atoms with Crippen molar-refractivity contribution in [3.8, 4) is 5.69 Å². The van der Waals surface area contributed by atoms with Crippen molar-refractivity contribution in [1.29, 1.82) is 0 Å². The highest BCUT2D eigenvalue weighted by Crippen LogP contribution is 2.33. The zero-order chi connectivity index (χ0) is 19.0. The quantitative estimate of drug-likeness (QED) is 0.641. The molecule has 1 aliphatic rings. The van der Waals surface area contributed by atoms with Crippen LogP contribution in [0.3, 0.4) is 0 Å². The molecule has 1 saturated heterocycles. The predicted octanol–water partition coefficient (Wildman–Crippen LogP) is 3.69. The maximum absolute atomic E-state index is 12.4. The molecular weight excluding hydrogens is 368 g/mol. The van der Waals surface area contributed by atoms with Gasteiger partial charge in [0.15, 0.2) is 0 Å². The monoisotopic (exact) mass is 386 g/mol. The number of amides is 1. The lowest BCUT2D eigenvalue weighted by atomic mass is 10.2. The normalized spacial score (nSPS) is 16.0. The highest BCUT2D eigenvalue weighted by atomic mass is 32.2. The third-order valence-corrected chi connectivity index (χ3v) is 5.59. The fraction of sp³-hybridized carbons (Fsp3) is 0.211. The van der Waals surface area contributed by atoms with Gasteiger partial charge in [-0.05, 0) is 50.6 Å². The number of nitrogens with zero attached hydrogens (tertiary/aromatic N) is 2. The molecule has 0 aliphatic carbocycles. The van der Waals surface area contributed by atoms with Gasteiger partial charge in [0.25, 0.3) is 5.91 Å². The van der Waals surface area contributed by atoms with E-state index < -0.39 is 12.5 Å². The Morgan fingerprint density at radius 1 is 1.23 bits per heavy atom. The van der Waals surface area contributed by atoms with Crippen molar-refractivity contribution in [3.05, 3.63) is 57.8 Å². The Labute approximate surface area is 161 Å². The minimum Gasteiger partial charge on any atom is -0.480 e. The summed E-state index contributed by atoms with van der Waals surface area (Å²) in [6.07, 6.45) is 1.79. The number of benzene rings is 1. The minimum atomic E-state index is -1.08. The van der Waals surface area contributed by atoms with E-state index in [0.29, 0.717) is 4.91 Å². The minimum absolute atomic E-state index is 0.274. The zero-order valence-corrected chi connectivity index (χ0v) is 16.3. The summed E-state index contributed by atoms with van der Waals surface area (Å²) in [7, 11) is 0. The molecule has 0 radical (unpaired) electrons. The number of carbonyl (C=O) groups excluding carboxylic acids is 1. The fourth-order valence-electron chi connectivity index (χ4n) is 2.94. The summed E-state index contributed by atoms with van der Waals surface area (Å²) in [5, 5.41) is 8.93. The van der Waals surface area contributed by atoms with Crippen LogP contribution in [0.1, 0.15) is 22.5 Å². The molecule has 1 aromatic heterocycles. The van der Waals surface area contributed by atoms with E-state index in [9.17, 15) is 9.59 Å². The first kappa shape index (κ1) is 18.4. The van der Waals surface area contributed by atoms with Crippen LogP contribution in [0.15, 0.2) is 35.2 Å². The number of aliphatic carboxylic acids is 1. The molecule has 0 saturated carbocycles. The van der Waals surface area contributed by atoms with Crippen LogP contribution >= 0.6 is 24.0 Å². The van der Waals surface area contributed by atoms with Gasteiger partial charge in [0, 0.05) is 17.1 Å². The van der Waals surface area contributed by atoms with Crippen molar-refractivity contribution >= 4 is 46.3 Å². The van der Waals surface area contributed by atoms with Crippen LogP contribution in [-0.4, -0.2) is 37.3 Å². The molecule has 1 fully saturated rings. The van der Waals surface area contributed by atoms with E-state index in [4.69, 9.17) is 17.3 Å². The zero-order valence-electron chi connectivity index (χ0n) is 14.6. The number of carboxylic acids is 1. The number of aryl methyl sites for hydroxylation is 2. The van der Waals surface area contributed by atoms with Crippen molar-refractivity contribution < 1.29 is 14.7 Å². The molecule has 2 aromatic rings. The number of hydrogen-bond acceptors (Lipinski definition) is 4. The summed E-state index contributed by atoms with van der Waals surface area (Å²) in [5.74, 6) is -1.44. The smallest absolute Gasteiger partial charge is 0.323 e. The van der Waals surface area contributed by atoms with Crippen molar-refractivity contribution in [3.63, 3.8) is 0 Å². The molecule has 1 N–H and O–H groups in total. The molecule has 3 rings (SSSR count). The number of aromatic nitrogens is 1. The maximum atomic E-state index is 12.4. The van der Waals surface area contributed by atoms with Crippen molar-refractivity contribution in [2.24, 2.45) is 0 Å². The highest BCUT2D eigenvalue weighted by Gasteiger charge is 2.33. The molecule has 0 unspecified atom stereocenters. The van der Waals surface area contributed by atoms with Crippen LogP contribution in [0, 0.1) is 20.8 Å². The number of carbonyl (C=O) groups is 2. The predicted molar refractivity (Wildman–Crippen MR) is 107 cm³/mol. The average molecular weight is 386 g/mol. The topological polar surface area (TPSA) is 62.5 Å². The van der Waals surface area contributed by atoms with Gasteiger partial charge in [-0.2, -0.15) is 0 Å².